The molecule has 1 aromatic heterocycles. The van der Waals surface area contributed by atoms with Gasteiger partial charge in [-0.2, -0.15) is 0 Å². The van der Waals surface area contributed by atoms with E-state index < -0.39 is 45.5 Å². The highest BCUT2D eigenvalue weighted by atomic mass is 32.2. The lowest BCUT2D eigenvalue weighted by Gasteiger charge is -2.26. The number of carbonyl (C=O) groups is 2. The lowest BCUT2D eigenvalue weighted by Crippen LogP contribution is -2.30. The standard InChI is InChI=1S/C31H35F3N4O4S/c1-20-24(23-12-6-7-13-25(23)32)19-35-27(38-16-9-14-31(33,34)15-17-38)26(20)28(39)36-21-10-8-11-22(18-21)43(5,41)37-29(40)42-30(2,3)4/h6-8,10-13,18-19H,9,14-17H2,1-5H3,(H,36,39). The van der Waals surface area contributed by atoms with Crippen LogP contribution in [0.3, 0.4) is 0 Å². The lowest BCUT2D eigenvalue weighted by atomic mass is 9.97. The largest absolute Gasteiger partial charge is 0.442 e. The van der Waals surface area contributed by atoms with Crippen LogP contribution in [0.4, 0.5) is 29.5 Å². The molecule has 0 bridgehead atoms. The van der Waals surface area contributed by atoms with Gasteiger partial charge in [-0.05, 0) is 63.9 Å². The molecule has 2 amide bonds. The average Bonchev–Trinajstić information content (AvgIpc) is 3.08. The zero-order valence-electron chi connectivity index (χ0n) is 24.7. The van der Waals surface area contributed by atoms with Crippen LogP contribution < -0.4 is 10.2 Å². The Kier molecular flexibility index (Phi) is 9.19. The van der Waals surface area contributed by atoms with Crippen molar-refractivity contribution in [3.63, 3.8) is 0 Å². The van der Waals surface area contributed by atoms with Gasteiger partial charge in [-0.15, -0.1) is 4.36 Å². The quantitative estimate of drug-likeness (QED) is 0.319. The predicted molar refractivity (Wildman–Crippen MR) is 161 cm³/mol. The molecule has 1 unspecified atom stereocenters. The summed E-state index contributed by atoms with van der Waals surface area (Å²) >= 11 is 0. The lowest BCUT2D eigenvalue weighted by molar-refractivity contribution is -0.0102. The SMILES string of the molecule is Cc1c(-c2ccccc2F)cnc(N2CCCC(F)(F)CC2)c1C(=O)Nc1cccc(S(C)(=O)=NC(=O)OC(C)(C)C)c1. The molecule has 1 aliphatic rings. The minimum absolute atomic E-state index is 0.0156. The van der Waals surface area contributed by atoms with Gasteiger partial charge in [-0.3, -0.25) is 4.79 Å². The number of ether oxygens (including phenoxy) is 1. The van der Waals surface area contributed by atoms with E-state index in [9.17, 15) is 27.0 Å². The van der Waals surface area contributed by atoms with Crippen molar-refractivity contribution >= 4 is 33.2 Å². The Morgan fingerprint density at radius 3 is 2.49 bits per heavy atom. The van der Waals surface area contributed by atoms with Crippen LogP contribution >= 0.6 is 0 Å². The molecule has 0 saturated carbocycles. The van der Waals surface area contributed by atoms with Gasteiger partial charge >= 0.3 is 6.09 Å². The summed E-state index contributed by atoms with van der Waals surface area (Å²) in [6.45, 7) is 6.90. The smallest absolute Gasteiger partial charge is 0.442 e. The second kappa shape index (κ2) is 12.4. The predicted octanol–water partition coefficient (Wildman–Crippen LogP) is 7.47. The summed E-state index contributed by atoms with van der Waals surface area (Å²) in [6.07, 6.45) is 1.31. The van der Waals surface area contributed by atoms with Gasteiger partial charge in [0, 0.05) is 60.1 Å². The second-order valence-corrected chi connectivity index (χ2v) is 13.8. The van der Waals surface area contributed by atoms with E-state index in [0.29, 0.717) is 11.1 Å². The third kappa shape index (κ3) is 7.92. The van der Waals surface area contributed by atoms with Crippen LogP contribution in [0, 0.1) is 12.7 Å². The van der Waals surface area contributed by atoms with Crippen molar-refractivity contribution in [2.45, 2.75) is 63.4 Å². The number of halogens is 3. The monoisotopic (exact) mass is 616 g/mol. The third-order valence-electron chi connectivity index (χ3n) is 6.90. The molecule has 1 atom stereocenters. The first-order chi connectivity index (χ1) is 20.1. The number of nitrogens with zero attached hydrogens (tertiary/aromatic N) is 3. The van der Waals surface area contributed by atoms with E-state index in [1.165, 1.54) is 30.7 Å². The van der Waals surface area contributed by atoms with Crippen LogP contribution in [0.5, 0.6) is 0 Å². The van der Waals surface area contributed by atoms with Crippen LogP contribution in [-0.2, 0) is 14.5 Å². The van der Waals surface area contributed by atoms with Gasteiger partial charge in [0.1, 0.15) is 17.2 Å². The highest BCUT2D eigenvalue weighted by Crippen LogP contribution is 2.35. The summed E-state index contributed by atoms with van der Waals surface area (Å²) in [5.74, 6) is -3.72. The Morgan fingerprint density at radius 1 is 1.07 bits per heavy atom. The highest BCUT2D eigenvalue weighted by Gasteiger charge is 2.34. The van der Waals surface area contributed by atoms with Crippen LogP contribution in [0.2, 0.25) is 0 Å². The van der Waals surface area contributed by atoms with Gasteiger partial charge in [0.15, 0.2) is 0 Å². The van der Waals surface area contributed by atoms with Crippen molar-refractivity contribution in [3.05, 3.63) is 71.7 Å². The summed E-state index contributed by atoms with van der Waals surface area (Å²) in [5.41, 5.74) is 0.572. The summed E-state index contributed by atoms with van der Waals surface area (Å²) < 4.78 is 65.4. The fourth-order valence-corrected chi connectivity index (χ4v) is 5.91. The van der Waals surface area contributed by atoms with Crippen molar-refractivity contribution in [2.75, 3.05) is 29.6 Å². The van der Waals surface area contributed by atoms with Gasteiger partial charge in [0.25, 0.3) is 5.91 Å². The van der Waals surface area contributed by atoms with Crippen LogP contribution in [-0.4, -0.2) is 52.1 Å². The number of alkyl halides is 2. The molecule has 2 heterocycles. The average molecular weight is 617 g/mol. The number of rotatable bonds is 5. The van der Waals surface area contributed by atoms with Gasteiger partial charge in [-0.1, -0.05) is 24.3 Å². The van der Waals surface area contributed by atoms with Gasteiger partial charge in [0.05, 0.1) is 15.3 Å². The number of hydrogen-bond donors (Lipinski definition) is 1. The minimum atomic E-state index is -3.24. The maximum absolute atomic E-state index is 14.8. The number of carbonyl (C=O) groups excluding carboxylic acids is 2. The maximum atomic E-state index is 14.8. The summed E-state index contributed by atoms with van der Waals surface area (Å²) in [6, 6.07) is 12.2. The highest BCUT2D eigenvalue weighted by molar-refractivity contribution is 7.93. The molecule has 0 aliphatic carbocycles. The fraction of sp³-hybridized carbons (Fsp3) is 0.387. The Morgan fingerprint density at radius 2 is 1.79 bits per heavy atom. The number of aromatic nitrogens is 1. The number of anilines is 2. The maximum Gasteiger partial charge on any atom is 0.442 e. The van der Waals surface area contributed by atoms with Crippen LogP contribution in [0.25, 0.3) is 11.1 Å². The molecule has 1 saturated heterocycles. The first kappa shape index (κ1) is 32.0. The zero-order valence-corrected chi connectivity index (χ0v) is 25.6. The first-order valence-corrected chi connectivity index (χ1v) is 15.7. The topological polar surface area (TPSA) is 101 Å². The Bertz CT molecular complexity index is 1660. The first-order valence-electron chi connectivity index (χ1n) is 13.8. The number of pyridine rings is 1. The van der Waals surface area contributed by atoms with E-state index in [0.717, 1.165) is 0 Å². The van der Waals surface area contributed by atoms with Gasteiger partial charge in [0.2, 0.25) is 5.92 Å². The Labute approximate surface area is 249 Å². The van der Waals surface area contributed by atoms with E-state index in [-0.39, 0.29) is 53.5 Å². The van der Waals surface area contributed by atoms with E-state index in [1.54, 1.807) is 62.9 Å². The molecule has 0 radical (unpaired) electrons. The number of nitrogens with one attached hydrogen (secondary N) is 1. The molecule has 1 aliphatic heterocycles. The van der Waals surface area contributed by atoms with Crippen LogP contribution in [0.15, 0.2) is 64.0 Å². The minimum Gasteiger partial charge on any atom is -0.442 e. The molecular formula is C31H35F3N4O4S. The normalized spacial score (nSPS) is 16.5. The molecule has 1 N–H and O–H groups in total. The number of benzene rings is 2. The molecule has 1 fully saturated rings. The molecule has 0 spiro atoms. The van der Waals surface area contributed by atoms with E-state index >= 15 is 0 Å². The van der Waals surface area contributed by atoms with Crippen molar-refractivity contribution in [1.82, 2.24) is 4.98 Å². The van der Waals surface area contributed by atoms with E-state index in [4.69, 9.17) is 4.74 Å². The molecule has 2 aromatic carbocycles. The molecule has 3 aromatic rings. The zero-order chi connectivity index (χ0) is 31.6. The number of amides is 2. The summed E-state index contributed by atoms with van der Waals surface area (Å²) in [7, 11) is -3.24. The Hall–Kier alpha value is -3.93. The third-order valence-corrected chi connectivity index (χ3v) is 8.52. The summed E-state index contributed by atoms with van der Waals surface area (Å²) in [4.78, 5) is 32.5. The Balaban J connectivity index is 1.74. The van der Waals surface area contributed by atoms with Crippen molar-refractivity contribution < 1.29 is 31.7 Å². The fourth-order valence-electron chi connectivity index (χ4n) is 4.81. The molecule has 43 heavy (non-hydrogen) atoms. The van der Waals surface area contributed by atoms with Gasteiger partial charge in [-0.25, -0.2) is 27.2 Å². The summed E-state index contributed by atoms with van der Waals surface area (Å²) in [5, 5.41) is 2.78. The molecule has 8 nitrogen and oxygen atoms in total. The molecular weight excluding hydrogens is 581 g/mol. The van der Waals surface area contributed by atoms with Crippen molar-refractivity contribution in [1.29, 1.82) is 0 Å². The van der Waals surface area contributed by atoms with Crippen molar-refractivity contribution in [3.8, 4) is 11.1 Å². The molecule has 4 rings (SSSR count). The van der Waals surface area contributed by atoms with Crippen molar-refractivity contribution in [2.24, 2.45) is 4.36 Å². The van der Waals surface area contributed by atoms with Crippen LogP contribution in [0.1, 0.15) is 56.0 Å². The van der Waals surface area contributed by atoms with E-state index in [2.05, 4.69) is 14.7 Å². The van der Waals surface area contributed by atoms with E-state index in [1.807, 2.05) is 0 Å². The second-order valence-electron chi connectivity index (χ2n) is 11.5. The molecule has 230 valence electrons. The number of hydrogen-bond acceptors (Lipinski definition) is 6. The van der Waals surface area contributed by atoms with Gasteiger partial charge < -0.3 is 15.0 Å². The molecule has 12 heteroatoms.